The predicted molar refractivity (Wildman–Crippen MR) is 88.6 cm³/mol. The smallest absolute Gasteiger partial charge is 0.312 e. The third-order valence-electron chi connectivity index (χ3n) is 3.15. The van der Waals surface area contributed by atoms with Crippen LogP contribution in [-0.4, -0.2) is 26.2 Å². The van der Waals surface area contributed by atoms with Gasteiger partial charge in [-0.15, -0.1) is 0 Å². The first-order valence-corrected chi connectivity index (χ1v) is 8.98. The van der Waals surface area contributed by atoms with E-state index in [4.69, 9.17) is 14.7 Å². The van der Waals surface area contributed by atoms with Crippen molar-refractivity contribution in [1.29, 1.82) is 5.26 Å². The van der Waals surface area contributed by atoms with Crippen LogP contribution in [0, 0.1) is 21.4 Å². The Balaban J connectivity index is 2.50. The minimum absolute atomic E-state index is 0.136. The van der Waals surface area contributed by atoms with E-state index in [9.17, 15) is 18.5 Å². The first-order valence-electron chi connectivity index (χ1n) is 7.09. The van der Waals surface area contributed by atoms with Crippen molar-refractivity contribution in [3.8, 4) is 23.3 Å². The maximum absolute atomic E-state index is 11.6. The highest BCUT2D eigenvalue weighted by Gasteiger charge is 2.21. The molecule has 0 spiro atoms. The summed E-state index contributed by atoms with van der Waals surface area (Å²) in [5.74, 6) is 0.294. The number of benzene rings is 2. The average molecular weight is 362 g/mol. The Morgan fingerprint density at radius 3 is 2.40 bits per heavy atom. The number of nitro groups is 1. The molecule has 0 atom stereocenters. The van der Waals surface area contributed by atoms with Gasteiger partial charge in [0.15, 0.2) is 21.3 Å². The van der Waals surface area contributed by atoms with E-state index in [1.54, 1.807) is 6.92 Å². The summed E-state index contributed by atoms with van der Waals surface area (Å²) >= 11 is 0. The van der Waals surface area contributed by atoms with E-state index < -0.39 is 20.4 Å². The fourth-order valence-electron chi connectivity index (χ4n) is 2.01. The van der Waals surface area contributed by atoms with E-state index in [-0.39, 0.29) is 22.1 Å². The molecular weight excluding hydrogens is 348 g/mol. The van der Waals surface area contributed by atoms with Gasteiger partial charge in [0.1, 0.15) is 0 Å². The molecule has 0 amide bonds. The number of hydrogen-bond donors (Lipinski definition) is 0. The van der Waals surface area contributed by atoms with Crippen molar-refractivity contribution in [3.63, 3.8) is 0 Å². The molecule has 0 aliphatic rings. The van der Waals surface area contributed by atoms with Crippen LogP contribution in [0.4, 0.5) is 5.69 Å². The zero-order valence-corrected chi connectivity index (χ0v) is 14.2. The van der Waals surface area contributed by atoms with Gasteiger partial charge in [0, 0.05) is 18.4 Å². The SMILES string of the molecule is CCOc1cc(C#N)ccc1Oc1ccc(S(C)(=O)=O)cc1[N+](=O)[O-]. The monoisotopic (exact) mass is 362 g/mol. The second-order valence-corrected chi connectivity index (χ2v) is 6.98. The third kappa shape index (κ3) is 4.24. The second kappa shape index (κ2) is 7.19. The molecule has 0 radical (unpaired) electrons. The Bertz CT molecular complexity index is 963. The van der Waals surface area contributed by atoms with Crippen molar-refractivity contribution in [2.75, 3.05) is 12.9 Å². The third-order valence-corrected chi connectivity index (χ3v) is 4.26. The number of nitriles is 1. The summed E-state index contributed by atoms with van der Waals surface area (Å²) < 4.78 is 34.1. The van der Waals surface area contributed by atoms with E-state index in [1.807, 2.05) is 6.07 Å². The van der Waals surface area contributed by atoms with Crippen LogP contribution in [0.2, 0.25) is 0 Å². The number of hydrogen-bond acceptors (Lipinski definition) is 7. The largest absolute Gasteiger partial charge is 0.490 e. The van der Waals surface area contributed by atoms with Gasteiger partial charge in [-0.05, 0) is 31.2 Å². The second-order valence-electron chi connectivity index (χ2n) is 4.97. The molecule has 0 unspecified atom stereocenters. The van der Waals surface area contributed by atoms with Crippen molar-refractivity contribution in [3.05, 3.63) is 52.1 Å². The predicted octanol–water partition coefficient (Wildman–Crippen LogP) is 3.06. The molecule has 0 N–H and O–H groups in total. The number of nitro benzene ring substituents is 1. The van der Waals surface area contributed by atoms with Gasteiger partial charge in [-0.3, -0.25) is 10.1 Å². The van der Waals surface area contributed by atoms with Gasteiger partial charge in [0.05, 0.1) is 28.1 Å². The van der Waals surface area contributed by atoms with Gasteiger partial charge in [-0.1, -0.05) is 0 Å². The number of rotatable bonds is 6. The fourth-order valence-corrected chi connectivity index (χ4v) is 2.65. The van der Waals surface area contributed by atoms with Gasteiger partial charge < -0.3 is 9.47 Å². The van der Waals surface area contributed by atoms with Crippen LogP contribution in [0.15, 0.2) is 41.3 Å². The Morgan fingerprint density at radius 1 is 1.16 bits per heavy atom. The zero-order valence-electron chi connectivity index (χ0n) is 13.4. The van der Waals surface area contributed by atoms with Gasteiger partial charge in [-0.25, -0.2) is 8.42 Å². The molecule has 9 heteroatoms. The molecule has 0 saturated heterocycles. The highest BCUT2D eigenvalue weighted by atomic mass is 32.2. The Hall–Kier alpha value is -3.12. The normalized spacial score (nSPS) is 10.8. The van der Waals surface area contributed by atoms with Crippen molar-refractivity contribution >= 4 is 15.5 Å². The first kappa shape index (κ1) is 18.2. The van der Waals surface area contributed by atoms with Crippen LogP contribution in [0.5, 0.6) is 17.2 Å². The summed E-state index contributed by atoms with van der Waals surface area (Å²) in [7, 11) is -3.59. The van der Waals surface area contributed by atoms with Crippen molar-refractivity contribution in [1.82, 2.24) is 0 Å². The molecule has 130 valence electrons. The van der Waals surface area contributed by atoms with Crippen LogP contribution in [0.25, 0.3) is 0 Å². The molecule has 0 fully saturated rings. The minimum Gasteiger partial charge on any atom is -0.490 e. The number of nitrogens with zero attached hydrogens (tertiary/aromatic N) is 2. The fraction of sp³-hybridized carbons (Fsp3) is 0.188. The standard InChI is InChI=1S/C16H14N2O6S/c1-3-23-16-8-11(10-17)4-6-15(16)24-14-7-5-12(25(2,21)22)9-13(14)18(19)20/h4-9H,3H2,1-2H3. The average Bonchev–Trinajstić information content (AvgIpc) is 2.55. The molecule has 0 aliphatic heterocycles. The minimum atomic E-state index is -3.59. The Morgan fingerprint density at radius 2 is 1.84 bits per heavy atom. The molecule has 25 heavy (non-hydrogen) atoms. The first-order chi connectivity index (χ1) is 11.8. The summed E-state index contributed by atoms with van der Waals surface area (Å²) in [5.41, 5.74) is -0.146. The molecule has 0 heterocycles. The van der Waals surface area contributed by atoms with Crippen molar-refractivity contribution in [2.45, 2.75) is 11.8 Å². The summed E-state index contributed by atoms with van der Waals surface area (Å²) in [6.45, 7) is 2.05. The summed E-state index contributed by atoms with van der Waals surface area (Å²) in [5, 5.41) is 20.2. The van der Waals surface area contributed by atoms with Gasteiger partial charge >= 0.3 is 5.69 Å². The topological polar surface area (TPSA) is 120 Å². The lowest BCUT2D eigenvalue weighted by Gasteiger charge is -2.12. The Labute approximate surface area is 144 Å². The molecule has 0 aliphatic carbocycles. The zero-order chi connectivity index (χ0) is 18.6. The van der Waals surface area contributed by atoms with Gasteiger partial charge in [0.25, 0.3) is 0 Å². The maximum Gasteiger partial charge on any atom is 0.312 e. The molecule has 0 aromatic heterocycles. The molecule has 2 aromatic carbocycles. The van der Waals surface area contributed by atoms with Crippen LogP contribution >= 0.6 is 0 Å². The lowest BCUT2D eigenvalue weighted by Crippen LogP contribution is -2.01. The molecule has 2 rings (SSSR count). The van der Waals surface area contributed by atoms with Crippen LogP contribution in [0.1, 0.15) is 12.5 Å². The van der Waals surface area contributed by atoms with E-state index in [1.165, 1.54) is 30.3 Å². The molecule has 8 nitrogen and oxygen atoms in total. The molecule has 2 aromatic rings. The van der Waals surface area contributed by atoms with Crippen molar-refractivity contribution < 1.29 is 22.8 Å². The maximum atomic E-state index is 11.6. The summed E-state index contributed by atoms with van der Waals surface area (Å²) in [4.78, 5) is 10.3. The van der Waals surface area contributed by atoms with E-state index in [0.717, 1.165) is 12.3 Å². The summed E-state index contributed by atoms with van der Waals surface area (Å²) in [6.07, 6.45) is 0.959. The van der Waals surface area contributed by atoms with E-state index in [0.29, 0.717) is 12.2 Å². The number of sulfone groups is 1. The van der Waals surface area contributed by atoms with Crippen molar-refractivity contribution in [2.24, 2.45) is 0 Å². The van der Waals surface area contributed by atoms with Gasteiger partial charge in [-0.2, -0.15) is 5.26 Å². The van der Waals surface area contributed by atoms with E-state index >= 15 is 0 Å². The van der Waals surface area contributed by atoms with Gasteiger partial charge in [0.2, 0.25) is 5.75 Å². The molecule has 0 saturated carbocycles. The molecule has 0 bridgehead atoms. The lowest BCUT2D eigenvalue weighted by atomic mass is 10.2. The highest BCUT2D eigenvalue weighted by Crippen LogP contribution is 2.37. The van der Waals surface area contributed by atoms with E-state index in [2.05, 4.69) is 0 Å². The number of ether oxygens (including phenoxy) is 2. The Kier molecular flexibility index (Phi) is 5.24. The van der Waals surface area contributed by atoms with Crippen LogP contribution < -0.4 is 9.47 Å². The lowest BCUT2D eigenvalue weighted by molar-refractivity contribution is -0.385. The van der Waals surface area contributed by atoms with Crippen LogP contribution in [-0.2, 0) is 9.84 Å². The quantitative estimate of drug-likeness (QED) is 0.572. The van der Waals surface area contributed by atoms with Crippen LogP contribution in [0.3, 0.4) is 0 Å². The summed E-state index contributed by atoms with van der Waals surface area (Å²) in [6, 6.07) is 9.72. The highest BCUT2D eigenvalue weighted by molar-refractivity contribution is 7.90. The molecular formula is C16H14N2O6S.